The number of nitrogens with one attached hydrogen (secondary N) is 1. The number of nitriles is 2. The fourth-order valence-electron chi connectivity index (χ4n) is 2.65. The van der Waals surface area contributed by atoms with Crippen LogP contribution in [0, 0.1) is 22.7 Å². The average molecular weight is 409 g/mol. The van der Waals surface area contributed by atoms with Gasteiger partial charge in [0.05, 0.1) is 10.9 Å². The number of hydrogen-bond donors (Lipinski definition) is 1. The van der Waals surface area contributed by atoms with Crippen LogP contribution < -0.4 is 10.2 Å². The number of carbonyl (C=O) groups excluding carboxylic acids is 2. The lowest BCUT2D eigenvalue weighted by Crippen LogP contribution is -2.31. The Kier molecular flexibility index (Phi) is 6.00. The first-order valence-electron chi connectivity index (χ1n) is 8.19. The van der Waals surface area contributed by atoms with Gasteiger partial charge < -0.3 is 5.32 Å². The van der Waals surface area contributed by atoms with Crippen molar-refractivity contribution in [2.75, 3.05) is 10.2 Å². The molecular weight excluding hydrogens is 396 g/mol. The van der Waals surface area contributed by atoms with Crippen LogP contribution in [-0.4, -0.2) is 17.1 Å². The van der Waals surface area contributed by atoms with Crippen molar-refractivity contribution in [3.63, 3.8) is 0 Å². The van der Waals surface area contributed by atoms with Gasteiger partial charge in [0.25, 0.3) is 0 Å². The van der Waals surface area contributed by atoms with Crippen LogP contribution in [0.5, 0.6) is 0 Å². The first-order valence-corrected chi connectivity index (χ1v) is 9.45. The normalized spacial score (nSPS) is 15.7. The second-order valence-electron chi connectivity index (χ2n) is 5.78. The molecule has 138 valence electrons. The standard InChI is InChI=1S/C20H13ClN4O2S/c21-14-5-4-8-16(9-14)25-18(26)10-17(20(25)27)28-19(13(11-22)12-23)24-15-6-2-1-3-7-15/h1-9,17,24H,10H2. The Morgan fingerprint density at radius 2 is 1.82 bits per heavy atom. The molecule has 0 saturated carbocycles. The quantitative estimate of drug-likeness (QED) is 0.591. The second kappa shape index (κ2) is 8.62. The van der Waals surface area contributed by atoms with Gasteiger partial charge in [0.15, 0.2) is 5.57 Å². The van der Waals surface area contributed by atoms with E-state index in [2.05, 4.69) is 5.32 Å². The molecule has 6 nitrogen and oxygen atoms in total. The summed E-state index contributed by atoms with van der Waals surface area (Å²) in [6.07, 6.45) is -0.0415. The molecule has 2 aromatic carbocycles. The lowest BCUT2D eigenvalue weighted by Gasteiger charge is -2.16. The van der Waals surface area contributed by atoms with E-state index in [0.717, 1.165) is 16.7 Å². The molecule has 2 amide bonds. The molecule has 1 aliphatic heterocycles. The molecule has 3 rings (SSSR count). The van der Waals surface area contributed by atoms with Gasteiger partial charge in [-0.1, -0.05) is 47.6 Å². The van der Waals surface area contributed by atoms with Gasteiger partial charge in [-0.05, 0) is 30.3 Å². The Morgan fingerprint density at radius 1 is 1.11 bits per heavy atom. The van der Waals surface area contributed by atoms with Gasteiger partial charge in [-0.15, -0.1) is 0 Å². The van der Waals surface area contributed by atoms with Crippen LogP contribution >= 0.6 is 23.4 Å². The molecule has 8 heteroatoms. The van der Waals surface area contributed by atoms with E-state index in [4.69, 9.17) is 11.6 Å². The molecule has 2 aromatic rings. The summed E-state index contributed by atoms with van der Waals surface area (Å²) >= 11 is 6.96. The molecule has 1 aliphatic rings. The van der Waals surface area contributed by atoms with Crippen molar-refractivity contribution in [3.05, 3.63) is 70.2 Å². The zero-order valence-electron chi connectivity index (χ0n) is 14.4. The smallest absolute Gasteiger partial charge is 0.247 e. The Labute approximate surface area is 171 Å². The number of hydrogen-bond acceptors (Lipinski definition) is 6. The number of rotatable bonds is 5. The third-order valence-corrected chi connectivity index (χ3v) is 5.34. The summed E-state index contributed by atoms with van der Waals surface area (Å²) < 4.78 is 0. The molecule has 0 bridgehead atoms. The molecule has 1 N–H and O–H groups in total. The summed E-state index contributed by atoms with van der Waals surface area (Å²) in [5, 5.41) is 21.4. The van der Waals surface area contributed by atoms with E-state index in [-0.39, 0.29) is 22.9 Å². The van der Waals surface area contributed by atoms with Crippen LogP contribution in [0.4, 0.5) is 11.4 Å². The van der Waals surface area contributed by atoms with Gasteiger partial charge in [-0.3, -0.25) is 9.59 Å². The maximum Gasteiger partial charge on any atom is 0.247 e. The second-order valence-corrected chi connectivity index (χ2v) is 7.43. The molecule has 0 radical (unpaired) electrons. The van der Waals surface area contributed by atoms with E-state index >= 15 is 0 Å². The summed E-state index contributed by atoms with van der Waals surface area (Å²) in [5.41, 5.74) is 0.903. The number of amides is 2. The Hall–Kier alpha value is -3.26. The molecule has 1 heterocycles. The predicted molar refractivity (Wildman–Crippen MR) is 108 cm³/mol. The van der Waals surface area contributed by atoms with Gasteiger partial charge >= 0.3 is 0 Å². The van der Waals surface area contributed by atoms with Crippen molar-refractivity contribution >= 4 is 46.6 Å². The highest BCUT2D eigenvalue weighted by molar-refractivity contribution is 8.04. The number of carbonyl (C=O) groups is 2. The first kappa shape index (κ1) is 19.5. The number of benzene rings is 2. The zero-order valence-corrected chi connectivity index (χ0v) is 16.0. The Bertz CT molecular complexity index is 1020. The SMILES string of the molecule is N#CC(C#N)=C(Nc1ccccc1)SC1CC(=O)N(c2cccc(Cl)c2)C1=O. The predicted octanol–water partition coefficient (Wildman–Crippen LogP) is 4.08. The van der Waals surface area contributed by atoms with Crippen molar-refractivity contribution in [1.29, 1.82) is 10.5 Å². The fourth-order valence-corrected chi connectivity index (χ4v) is 3.94. The summed E-state index contributed by atoms with van der Waals surface area (Å²) in [6, 6.07) is 19.1. The van der Waals surface area contributed by atoms with Crippen molar-refractivity contribution in [2.24, 2.45) is 0 Å². The Balaban J connectivity index is 1.87. The number of thioether (sulfide) groups is 1. The summed E-state index contributed by atoms with van der Waals surface area (Å²) in [7, 11) is 0. The van der Waals surface area contributed by atoms with E-state index in [9.17, 15) is 20.1 Å². The minimum absolute atomic E-state index is 0.0415. The zero-order chi connectivity index (χ0) is 20.1. The lowest BCUT2D eigenvalue weighted by molar-refractivity contribution is -0.121. The number of halogens is 1. The van der Waals surface area contributed by atoms with Crippen LogP contribution in [0.25, 0.3) is 0 Å². The highest BCUT2D eigenvalue weighted by Crippen LogP contribution is 2.35. The van der Waals surface area contributed by atoms with E-state index in [1.165, 1.54) is 0 Å². The number of imide groups is 1. The minimum atomic E-state index is -0.755. The van der Waals surface area contributed by atoms with Crippen LogP contribution in [0.2, 0.25) is 5.02 Å². The van der Waals surface area contributed by atoms with Crippen LogP contribution in [0.3, 0.4) is 0 Å². The topological polar surface area (TPSA) is 97.0 Å². The summed E-state index contributed by atoms with van der Waals surface area (Å²) in [6.45, 7) is 0. The number of allylic oxidation sites excluding steroid dienone is 1. The monoisotopic (exact) mass is 408 g/mol. The minimum Gasteiger partial charge on any atom is -0.349 e. The van der Waals surface area contributed by atoms with Crippen molar-refractivity contribution in [2.45, 2.75) is 11.7 Å². The van der Waals surface area contributed by atoms with Crippen LogP contribution in [0.15, 0.2) is 65.2 Å². The van der Waals surface area contributed by atoms with Crippen molar-refractivity contribution in [3.8, 4) is 12.1 Å². The molecule has 1 fully saturated rings. The van der Waals surface area contributed by atoms with Gasteiger partial charge in [0, 0.05) is 17.1 Å². The maximum absolute atomic E-state index is 12.8. The third-order valence-electron chi connectivity index (χ3n) is 3.91. The Morgan fingerprint density at radius 3 is 2.46 bits per heavy atom. The van der Waals surface area contributed by atoms with Gasteiger partial charge in [-0.2, -0.15) is 10.5 Å². The third kappa shape index (κ3) is 4.17. The molecule has 0 aromatic heterocycles. The number of anilines is 2. The van der Waals surface area contributed by atoms with E-state index in [1.54, 1.807) is 48.5 Å². The molecule has 28 heavy (non-hydrogen) atoms. The van der Waals surface area contributed by atoms with E-state index in [0.29, 0.717) is 16.4 Å². The van der Waals surface area contributed by atoms with Crippen LogP contribution in [-0.2, 0) is 9.59 Å². The largest absolute Gasteiger partial charge is 0.349 e. The highest BCUT2D eigenvalue weighted by atomic mass is 35.5. The first-order chi connectivity index (χ1) is 13.5. The molecule has 1 atom stereocenters. The molecular formula is C20H13ClN4O2S. The fraction of sp³-hybridized carbons (Fsp3) is 0.100. The highest BCUT2D eigenvalue weighted by Gasteiger charge is 2.41. The van der Waals surface area contributed by atoms with Crippen LogP contribution in [0.1, 0.15) is 6.42 Å². The summed E-state index contributed by atoms with van der Waals surface area (Å²) in [4.78, 5) is 26.4. The molecule has 1 unspecified atom stereocenters. The maximum atomic E-state index is 12.8. The van der Waals surface area contributed by atoms with Gasteiger partial charge in [0.2, 0.25) is 11.8 Å². The average Bonchev–Trinajstić information content (AvgIpc) is 2.96. The van der Waals surface area contributed by atoms with Gasteiger partial charge in [0.1, 0.15) is 17.2 Å². The summed E-state index contributed by atoms with van der Waals surface area (Å²) in [5.74, 6) is -0.779. The van der Waals surface area contributed by atoms with Crippen molar-refractivity contribution < 1.29 is 9.59 Å². The lowest BCUT2D eigenvalue weighted by atomic mass is 10.3. The van der Waals surface area contributed by atoms with E-state index < -0.39 is 11.2 Å². The van der Waals surface area contributed by atoms with Gasteiger partial charge in [-0.25, -0.2) is 4.90 Å². The van der Waals surface area contributed by atoms with E-state index in [1.807, 2.05) is 18.2 Å². The number of nitrogens with zero attached hydrogens (tertiary/aromatic N) is 3. The molecule has 0 aliphatic carbocycles. The molecule has 0 spiro atoms. The van der Waals surface area contributed by atoms with Crippen molar-refractivity contribution in [1.82, 2.24) is 0 Å². The molecule has 1 saturated heterocycles. The number of para-hydroxylation sites is 1.